The second-order valence-corrected chi connectivity index (χ2v) is 6.67. The fourth-order valence-electron chi connectivity index (χ4n) is 3.30. The molecule has 0 aromatic heterocycles. The van der Waals surface area contributed by atoms with Crippen LogP contribution in [-0.4, -0.2) is 29.5 Å². The summed E-state index contributed by atoms with van der Waals surface area (Å²) in [5, 5.41) is 19.5. The summed E-state index contributed by atoms with van der Waals surface area (Å²) in [6.07, 6.45) is 2.45. The molecule has 1 aliphatic heterocycles. The topological polar surface area (TPSA) is 49.7 Å². The summed E-state index contributed by atoms with van der Waals surface area (Å²) in [7, 11) is 0. The number of aryl methyl sites for hydroxylation is 1. The summed E-state index contributed by atoms with van der Waals surface area (Å²) < 4.78 is 5.98. The maximum atomic E-state index is 9.73. The number of ether oxygens (including phenoxy) is 1. The minimum Gasteiger partial charge on any atom is -0.490 e. The van der Waals surface area contributed by atoms with Crippen LogP contribution >= 0.6 is 0 Å². The average Bonchev–Trinajstić information content (AvgIpc) is 2.78. The first-order valence-corrected chi connectivity index (χ1v) is 7.46. The van der Waals surface area contributed by atoms with E-state index in [1.807, 2.05) is 6.07 Å². The molecule has 1 aromatic rings. The molecule has 0 fully saturated rings. The Hall–Kier alpha value is -1.06. The lowest BCUT2D eigenvalue weighted by Crippen LogP contribution is -2.36. The molecular weight excluding hydrogens is 252 g/mol. The fraction of sp³-hybridized carbons (Fsp3) is 0.647. The van der Waals surface area contributed by atoms with E-state index in [0.717, 1.165) is 18.6 Å². The van der Waals surface area contributed by atoms with Gasteiger partial charge in [0.1, 0.15) is 11.9 Å². The Balaban J connectivity index is 2.07. The van der Waals surface area contributed by atoms with Crippen molar-refractivity contribution in [3.8, 4) is 5.75 Å². The molecule has 0 bridgehead atoms. The van der Waals surface area contributed by atoms with E-state index >= 15 is 0 Å². The Morgan fingerprint density at radius 3 is 2.60 bits per heavy atom. The summed E-state index contributed by atoms with van der Waals surface area (Å²) in [5.41, 5.74) is 2.05. The van der Waals surface area contributed by atoms with E-state index in [1.54, 1.807) is 0 Å². The van der Waals surface area contributed by atoms with Gasteiger partial charge in [0.05, 0.1) is 13.2 Å². The van der Waals surface area contributed by atoms with Crippen LogP contribution in [0.2, 0.25) is 0 Å². The highest BCUT2D eigenvalue weighted by molar-refractivity contribution is 5.40. The highest BCUT2D eigenvalue weighted by Crippen LogP contribution is 2.37. The Kier molecular flexibility index (Phi) is 4.71. The second-order valence-electron chi connectivity index (χ2n) is 6.67. The Bertz CT molecular complexity index is 450. The highest BCUT2D eigenvalue weighted by Gasteiger charge is 2.36. The van der Waals surface area contributed by atoms with E-state index in [-0.39, 0.29) is 19.3 Å². The zero-order valence-corrected chi connectivity index (χ0v) is 12.7. The van der Waals surface area contributed by atoms with Crippen molar-refractivity contribution >= 4 is 0 Å². The zero-order chi connectivity index (χ0) is 14.8. The smallest absolute Gasteiger partial charge is 0.123 e. The number of aliphatic hydroxyl groups excluding tert-OH is 2. The highest BCUT2D eigenvalue weighted by atomic mass is 16.5. The molecule has 1 atom stereocenters. The van der Waals surface area contributed by atoms with Crippen molar-refractivity contribution in [2.75, 3.05) is 13.2 Å². The Labute approximate surface area is 121 Å². The van der Waals surface area contributed by atoms with Crippen LogP contribution < -0.4 is 4.74 Å². The van der Waals surface area contributed by atoms with Crippen molar-refractivity contribution in [1.29, 1.82) is 0 Å². The molecule has 20 heavy (non-hydrogen) atoms. The number of hydrogen-bond acceptors (Lipinski definition) is 3. The van der Waals surface area contributed by atoms with E-state index in [2.05, 4.69) is 32.9 Å². The van der Waals surface area contributed by atoms with Crippen molar-refractivity contribution in [3.63, 3.8) is 0 Å². The third-order valence-corrected chi connectivity index (χ3v) is 4.13. The number of rotatable bonds is 6. The number of hydrogen-bond donors (Lipinski definition) is 2. The fourth-order valence-corrected chi connectivity index (χ4v) is 3.30. The molecule has 1 unspecified atom stereocenters. The van der Waals surface area contributed by atoms with Gasteiger partial charge in [-0.25, -0.2) is 0 Å². The van der Waals surface area contributed by atoms with Crippen LogP contribution in [-0.2, 0) is 6.42 Å². The molecule has 0 saturated heterocycles. The van der Waals surface area contributed by atoms with Crippen LogP contribution in [0.4, 0.5) is 0 Å². The first-order valence-electron chi connectivity index (χ1n) is 7.46. The van der Waals surface area contributed by atoms with Gasteiger partial charge in [0.15, 0.2) is 0 Å². The summed E-state index contributed by atoms with van der Waals surface area (Å²) in [6, 6.07) is 6.24. The lowest BCUT2D eigenvalue weighted by Gasteiger charge is -2.33. The standard InChI is InChI=1S/C17H26O3/c1-12(2)8-17(10-18,11-19)9-15-7-14-6-13(3)4-5-16(14)20-15/h4-6,12,15,18-19H,7-11H2,1-3H3. The zero-order valence-electron chi connectivity index (χ0n) is 12.7. The van der Waals surface area contributed by atoms with Crippen molar-refractivity contribution < 1.29 is 14.9 Å². The molecule has 0 radical (unpaired) electrons. The van der Waals surface area contributed by atoms with Crippen molar-refractivity contribution in [2.45, 2.75) is 46.1 Å². The summed E-state index contributed by atoms with van der Waals surface area (Å²) in [6.45, 7) is 6.34. The first kappa shape index (κ1) is 15.3. The predicted octanol–water partition coefficient (Wildman–Crippen LogP) is 2.71. The van der Waals surface area contributed by atoms with Crippen molar-refractivity contribution in [3.05, 3.63) is 29.3 Å². The maximum Gasteiger partial charge on any atom is 0.123 e. The van der Waals surface area contributed by atoms with E-state index < -0.39 is 5.41 Å². The van der Waals surface area contributed by atoms with E-state index in [1.165, 1.54) is 11.1 Å². The molecule has 0 amide bonds. The molecule has 2 N–H and O–H groups in total. The van der Waals surface area contributed by atoms with Crippen LogP contribution in [0.15, 0.2) is 18.2 Å². The van der Waals surface area contributed by atoms with Gasteiger partial charge in [-0.05, 0) is 37.3 Å². The van der Waals surface area contributed by atoms with Crippen LogP contribution in [0.3, 0.4) is 0 Å². The van der Waals surface area contributed by atoms with Crippen molar-refractivity contribution in [2.24, 2.45) is 11.3 Å². The molecule has 3 nitrogen and oxygen atoms in total. The molecule has 1 aromatic carbocycles. The third-order valence-electron chi connectivity index (χ3n) is 4.13. The van der Waals surface area contributed by atoms with Gasteiger partial charge in [-0.3, -0.25) is 0 Å². The lowest BCUT2D eigenvalue weighted by molar-refractivity contribution is 0.00328. The monoisotopic (exact) mass is 278 g/mol. The molecule has 2 rings (SSSR count). The summed E-state index contributed by atoms with van der Waals surface area (Å²) in [5.74, 6) is 1.40. The SMILES string of the molecule is Cc1ccc2c(c1)CC(CC(CO)(CO)CC(C)C)O2. The average molecular weight is 278 g/mol. The Morgan fingerprint density at radius 2 is 2.00 bits per heavy atom. The molecule has 112 valence electrons. The van der Waals surface area contributed by atoms with Gasteiger partial charge in [-0.2, -0.15) is 0 Å². The van der Waals surface area contributed by atoms with Gasteiger partial charge in [0.25, 0.3) is 0 Å². The summed E-state index contributed by atoms with van der Waals surface area (Å²) in [4.78, 5) is 0. The van der Waals surface area contributed by atoms with Crippen LogP contribution in [0, 0.1) is 18.3 Å². The molecule has 1 heterocycles. The molecule has 1 aliphatic rings. The maximum absolute atomic E-state index is 9.73. The minimum absolute atomic E-state index is 0.0108. The lowest BCUT2D eigenvalue weighted by atomic mass is 9.76. The Morgan fingerprint density at radius 1 is 1.30 bits per heavy atom. The van der Waals surface area contributed by atoms with Crippen LogP contribution in [0.25, 0.3) is 0 Å². The van der Waals surface area contributed by atoms with Crippen LogP contribution in [0.1, 0.15) is 37.8 Å². The predicted molar refractivity (Wildman–Crippen MR) is 80.0 cm³/mol. The quantitative estimate of drug-likeness (QED) is 0.841. The largest absolute Gasteiger partial charge is 0.490 e. The molecule has 0 aliphatic carbocycles. The second kappa shape index (κ2) is 6.15. The van der Waals surface area contributed by atoms with Gasteiger partial charge in [-0.15, -0.1) is 0 Å². The van der Waals surface area contributed by atoms with Gasteiger partial charge in [0, 0.05) is 11.8 Å². The minimum atomic E-state index is -0.435. The van der Waals surface area contributed by atoms with E-state index in [9.17, 15) is 10.2 Å². The summed E-state index contributed by atoms with van der Waals surface area (Å²) >= 11 is 0. The van der Waals surface area contributed by atoms with Crippen LogP contribution in [0.5, 0.6) is 5.75 Å². The van der Waals surface area contributed by atoms with Gasteiger partial charge < -0.3 is 14.9 Å². The van der Waals surface area contributed by atoms with Gasteiger partial charge in [-0.1, -0.05) is 31.5 Å². The normalized spacial score (nSPS) is 18.2. The number of fused-ring (bicyclic) bond motifs is 1. The van der Waals surface area contributed by atoms with E-state index in [4.69, 9.17) is 4.74 Å². The molecule has 0 spiro atoms. The van der Waals surface area contributed by atoms with Gasteiger partial charge in [0.2, 0.25) is 0 Å². The molecule has 0 saturated carbocycles. The number of aliphatic hydroxyl groups is 2. The molecule has 3 heteroatoms. The van der Waals surface area contributed by atoms with Gasteiger partial charge >= 0.3 is 0 Å². The van der Waals surface area contributed by atoms with Crippen molar-refractivity contribution in [1.82, 2.24) is 0 Å². The van der Waals surface area contributed by atoms with E-state index in [0.29, 0.717) is 12.3 Å². The first-order chi connectivity index (χ1) is 9.48. The third kappa shape index (κ3) is 3.33. The number of benzene rings is 1. The molecular formula is C17H26O3.